The van der Waals surface area contributed by atoms with Gasteiger partial charge < -0.3 is 5.32 Å². The largest absolute Gasteiger partial charge is 0.320 e. The summed E-state index contributed by atoms with van der Waals surface area (Å²) in [5.41, 5.74) is -0.0819. The van der Waals surface area contributed by atoms with Gasteiger partial charge in [0.05, 0.1) is 9.40 Å². The molecular weight excluding hydrogens is 333 g/mol. The van der Waals surface area contributed by atoms with Crippen molar-refractivity contribution in [3.63, 3.8) is 0 Å². The Kier molecular flexibility index (Phi) is 4.04. The van der Waals surface area contributed by atoms with E-state index >= 15 is 0 Å². The Labute approximate surface area is 120 Å². The van der Waals surface area contributed by atoms with E-state index in [1.807, 2.05) is 0 Å². The molecule has 2 aromatic rings. The van der Waals surface area contributed by atoms with Crippen LogP contribution in [0.5, 0.6) is 0 Å². The molecular formula is C12H7BrFN3O3. The molecule has 1 N–H and O–H groups in total. The maximum Gasteiger partial charge on any atom is 0.285 e. The summed E-state index contributed by atoms with van der Waals surface area (Å²) in [4.78, 5) is 25.4. The van der Waals surface area contributed by atoms with Crippen LogP contribution < -0.4 is 5.32 Å². The molecule has 8 heteroatoms. The van der Waals surface area contributed by atoms with Crippen molar-refractivity contribution in [2.24, 2.45) is 0 Å². The molecule has 0 saturated heterocycles. The molecule has 20 heavy (non-hydrogen) atoms. The van der Waals surface area contributed by atoms with Gasteiger partial charge in [-0.05, 0) is 40.2 Å². The number of amides is 1. The van der Waals surface area contributed by atoms with Gasteiger partial charge in [-0.1, -0.05) is 6.07 Å². The van der Waals surface area contributed by atoms with Crippen LogP contribution >= 0.6 is 15.9 Å². The Morgan fingerprint density at radius 2 is 2.10 bits per heavy atom. The minimum atomic E-state index is -0.778. The van der Waals surface area contributed by atoms with Crippen LogP contribution in [0, 0.1) is 16.1 Å². The molecule has 0 aliphatic rings. The van der Waals surface area contributed by atoms with Gasteiger partial charge in [0.25, 0.3) is 11.6 Å². The van der Waals surface area contributed by atoms with Crippen molar-refractivity contribution >= 4 is 33.2 Å². The number of halogens is 2. The normalized spacial score (nSPS) is 10.1. The van der Waals surface area contributed by atoms with Gasteiger partial charge in [-0.15, -0.1) is 0 Å². The summed E-state index contributed by atoms with van der Waals surface area (Å²) in [6.07, 6.45) is 0. The van der Waals surface area contributed by atoms with Crippen molar-refractivity contribution in [3.05, 3.63) is 62.6 Å². The lowest BCUT2D eigenvalue weighted by Gasteiger charge is -2.05. The van der Waals surface area contributed by atoms with Gasteiger partial charge in [0.15, 0.2) is 0 Å². The van der Waals surface area contributed by atoms with Crippen LogP contribution in [-0.2, 0) is 0 Å². The summed E-state index contributed by atoms with van der Waals surface area (Å²) in [6, 6.07) is 7.91. The van der Waals surface area contributed by atoms with E-state index < -0.39 is 16.8 Å². The highest BCUT2D eigenvalue weighted by Crippen LogP contribution is 2.27. The monoisotopic (exact) mass is 339 g/mol. The molecule has 0 unspecified atom stereocenters. The van der Waals surface area contributed by atoms with E-state index in [-0.39, 0.29) is 17.1 Å². The van der Waals surface area contributed by atoms with Crippen molar-refractivity contribution < 1.29 is 14.1 Å². The summed E-state index contributed by atoms with van der Waals surface area (Å²) in [6.45, 7) is 0. The van der Waals surface area contributed by atoms with Crippen LogP contribution in [0.25, 0.3) is 0 Å². The molecule has 0 aliphatic heterocycles. The van der Waals surface area contributed by atoms with Gasteiger partial charge in [-0.25, -0.2) is 4.98 Å². The minimum Gasteiger partial charge on any atom is -0.320 e. The first kappa shape index (κ1) is 14.1. The lowest BCUT2D eigenvalue weighted by atomic mass is 10.2. The van der Waals surface area contributed by atoms with E-state index in [1.165, 1.54) is 30.3 Å². The molecule has 2 rings (SSSR count). The number of hydrogen-bond donors (Lipinski definition) is 1. The molecule has 0 saturated carbocycles. The van der Waals surface area contributed by atoms with Crippen LogP contribution in [0.15, 0.2) is 40.9 Å². The number of nitro benzene ring substituents is 1. The SMILES string of the molecule is O=C(Nc1ccc(Br)c([N+](=O)[O-])c1)c1cccc(F)n1. The first-order valence-corrected chi connectivity index (χ1v) is 6.14. The number of pyridine rings is 1. The molecule has 1 amide bonds. The third kappa shape index (κ3) is 3.15. The highest BCUT2D eigenvalue weighted by atomic mass is 79.9. The second-order valence-electron chi connectivity index (χ2n) is 3.72. The molecule has 1 aromatic carbocycles. The summed E-state index contributed by atoms with van der Waals surface area (Å²) in [5, 5.41) is 13.2. The summed E-state index contributed by atoms with van der Waals surface area (Å²) < 4.78 is 13.2. The lowest BCUT2D eigenvalue weighted by molar-refractivity contribution is -0.385. The van der Waals surface area contributed by atoms with E-state index in [0.29, 0.717) is 4.47 Å². The Hall–Kier alpha value is -2.35. The fraction of sp³-hybridized carbons (Fsp3) is 0. The maximum absolute atomic E-state index is 12.9. The number of nitrogens with zero attached hydrogens (tertiary/aromatic N) is 2. The Bertz CT molecular complexity index is 693. The first-order valence-electron chi connectivity index (χ1n) is 5.35. The topological polar surface area (TPSA) is 85.1 Å². The third-order valence-electron chi connectivity index (χ3n) is 2.35. The van der Waals surface area contributed by atoms with Crippen LogP contribution in [-0.4, -0.2) is 15.8 Å². The Morgan fingerprint density at radius 3 is 2.75 bits per heavy atom. The van der Waals surface area contributed by atoms with E-state index in [9.17, 15) is 19.3 Å². The van der Waals surface area contributed by atoms with Gasteiger partial charge in [-0.2, -0.15) is 4.39 Å². The van der Waals surface area contributed by atoms with E-state index in [1.54, 1.807) is 0 Å². The third-order valence-corrected chi connectivity index (χ3v) is 3.02. The minimum absolute atomic E-state index is 0.115. The maximum atomic E-state index is 12.9. The number of benzene rings is 1. The summed E-state index contributed by atoms with van der Waals surface area (Å²) in [7, 11) is 0. The van der Waals surface area contributed by atoms with Crippen LogP contribution in [0.3, 0.4) is 0 Å². The summed E-state index contributed by atoms with van der Waals surface area (Å²) >= 11 is 3.04. The molecule has 1 aromatic heterocycles. The fourth-order valence-electron chi connectivity index (χ4n) is 1.46. The lowest BCUT2D eigenvalue weighted by Crippen LogP contribution is -2.14. The first-order chi connectivity index (χ1) is 9.47. The van der Waals surface area contributed by atoms with Crippen LogP contribution in [0.1, 0.15) is 10.5 Å². The highest BCUT2D eigenvalue weighted by Gasteiger charge is 2.14. The predicted molar refractivity (Wildman–Crippen MR) is 72.9 cm³/mol. The van der Waals surface area contributed by atoms with Crippen molar-refractivity contribution in [1.29, 1.82) is 0 Å². The van der Waals surface area contributed by atoms with Gasteiger partial charge >= 0.3 is 0 Å². The van der Waals surface area contributed by atoms with Crippen LogP contribution in [0.4, 0.5) is 15.8 Å². The van der Waals surface area contributed by atoms with Gasteiger partial charge in [-0.3, -0.25) is 14.9 Å². The molecule has 0 bridgehead atoms. The second-order valence-corrected chi connectivity index (χ2v) is 4.58. The Balaban J connectivity index is 2.24. The number of nitro groups is 1. The standard InChI is InChI=1S/C12H7BrFN3O3/c13-8-5-4-7(6-10(8)17(19)20)15-12(18)9-2-1-3-11(14)16-9/h1-6H,(H,15,18). The highest BCUT2D eigenvalue weighted by molar-refractivity contribution is 9.10. The van der Waals surface area contributed by atoms with Crippen molar-refractivity contribution in [2.75, 3.05) is 5.32 Å². The molecule has 1 heterocycles. The zero-order valence-electron chi connectivity index (χ0n) is 9.84. The van der Waals surface area contributed by atoms with E-state index in [0.717, 1.165) is 6.07 Å². The average Bonchev–Trinajstić information content (AvgIpc) is 2.40. The number of carbonyl (C=O) groups excluding carboxylic acids is 1. The molecule has 0 spiro atoms. The Morgan fingerprint density at radius 1 is 1.35 bits per heavy atom. The molecule has 6 nitrogen and oxygen atoms in total. The number of aromatic nitrogens is 1. The number of carbonyl (C=O) groups is 1. The predicted octanol–water partition coefficient (Wildman–Crippen LogP) is 3.14. The van der Waals surface area contributed by atoms with Crippen LogP contribution in [0.2, 0.25) is 0 Å². The fourth-order valence-corrected chi connectivity index (χ4v) is 1.85. The average molecular weight is 340 g/mol. The number of rotatable bonds is 3. The number of anilines is 1. The molecule has 0 atom stereocenters. The van der Waals surface area contributed by atoms with E-state index in [4.69, 9.17) is 0 Å². The van der Waals surface area contributed by atoms with Crippen molar-refractivity contribution in [2.45, 2.75) is 0 Å². The molecule has 0 radical (unpaired) electrons. The van der Waals surface area contributed by atoms with Crippen molar-refractivity contribution in [3.8, 4) is 0 Å². The molecule has 0 aliphatic carbocycles. The van der Waals surface area contributed by atoms with Crippen molar-refractivity contribution in [1.82, 2.24) is 4.98 Å². The molecule has 0 fully saturated rings. The quantitative estimate of drug-likeness (QED) is 0.528. The number of nitrogens with one attached hydrogen (secondary N) is 1. The van der Waals surface area contributed by atoms with Gasteiger partial charge in [0, 0.05) is 11.8 Å². The second kappa shape index (κ2) is 5.74. The molecule has 102 valence electrons. The summed E-state index contributed by atoms with van der Waals surface area (Å²) in [5.74, 6) is -1.43. The smallest absolute Gasteiger partial charge is 0.285 e. The van der Waals surface area contributed by atoms with Gasteiger partial charge in [0.1, 0.15) is 5.69 Å². The zero-order chi connectivity index (χ0) is 14.7. The zero-order valence-corrected chi connectivity index (χ0v) is 11.4. The van der Waals surface area contributed by atoms with Gasteiger partial charge in [0.2, 0.25) is 5.95 Å². The van der Waals surface area contributed by atoms with E-state index in [2.05, 4.69) is 26.2 Å². The number of hydrogen-bond acceptors (Lipinski definition) is 4.